The number of amides is 2. The lowest BCUT2D eigenvalue weighted by Gasteiger charge is -2.40. The molecule has 0 aliphatic carbocycles. The first-order valence-corrected chi connectivity index (χ1v) is 13.3. The first-order valence-electron chi connectivity index (χ1n) is 13.3. The van der Waals surface area contributed by atoms with Crippen LogP contribution in [0.2, 0.25) is 0 Å². The molecule has 7 heteroatoms. The van der Waals surface area contributed by atoms with Crippen molar-refractivity contribution in [1.82, 2.24) is 20.0 Å². The Balaban J connectivity index is 1.55. The van der Waals surface area contributed by atoms with Crippen LogP contribution in [0, 0.1) is 11.8 Å². The van der Waals surface area contributed by atoms with E-state index in [9.17, 15) is 9.59 Å². The second-order valence-electron chi connectivity index (χ2n) is 10.8. The molecular weight excluding hydrogens is 440 g/mol. The maximum Gasteiger partial charge on any atom is 0.236 e. The van der Waals surface area contributed by atoms with Crippen LogP contribution < -0.4 is 10.1 Å². The molecule has 3 aliphatic rings. The fraction of sp³-hybridized carbons (Fsp3) is 0.643. The Bertz CT molecular complexity index is 894. The van der Waals surface area contributed by atoms with E-state index in [2.05, 4.69) is 40.4 Å². The molecule has 1 N–H and O–H groups in total. The van der Waals surface area contributed by atoms with Gasteiger partial charge in [-0.1, -0.05) is 30.4 Å². The molecule has 35 heavy (non-hydrogen) atoms. The van der Waals surface area contributed by atoms with Crippen LogP contribution in [-0.4, -0.2) is 85.0 Å². The maximum atomic E-state index is 13.6. The van der Waals surface area contributed by atoms with Gasteiger partial charge in [-0.3, -0.25) is 14.5 Å². The van der Waals surface area contributed by atoms with E-state index >= 15 is 0 Å². The van der Waals surface area contributed by atoms with E-state index in [1.165, 1.54) is 0 Å². The minimum atomic E-state index is 0.0970. The molecule has 4 rings (SSSR count). The van der Waals surface area contributed by atoms with E-state index in [1.807, 2.05) is 36.9 Å². The lowest BCUT2D eigenvalue weighted by Crippen LogP contribution is -2.51. The molecule has 2 bridgehead atoms. The van der Waals surface area contributed by atoms with Crippen molar-refractivity contribution in [3.63, 3.8) is 0 Å². The molecule has 0 spiro atoms. The van der Waals surface area contributed by atoms with Gasteiger partial charge in [-0.2, -0.15) is 0 Å². The highest BCUT2D eigenvalue weighted by Gasteiger charge is 2.33. The summed E-state index contributed by atoms with van der Waals surface area (Å²) in [6, 6.07) is 8.73. The number of ether oxygens (including phenoxy) is 1. The van der Waals surface area contributed by atoms with E-state index in [0.717, 1.165) is 56.8 Å². The van der Waals surface area contributed by atoms with Crippen molar-refractivity contribution in [2.24, 2.45) is 11.8 Å². The van der Waals surface area contributed by atoms with Gasteiger partial charge in [0.15, 0.2) is 0 Å². The minimum absolute atomic E-state index is 0.0970. The Morgan fingerprint density at radius 3 is 2.66 bits per heavy atom. The number of carbonyl (C=O) groups is 2. The monoisotopic (exact) mass is 482 g/mol. The summed E-state index contributed by atoms with van der Waals surface area (Å²) < 4.78 is 6.19. The molecule has 0 aromatic heterocycles. The van der Waals surface area contributed by atoms with Gasteiger partial charge in [0, 0.05) is 43.7 Å². The number of carbonyl (C=O) groups excluding carboxylic acids is 2. The average molecular weight is 483 g/mol. The Morgan fingerprint density at radius 2 is 1.89 bits per heavy atom. The molecular formula is C28H42N4O3. The van der Waals surface area contributed by atoms with Crippen molar-refractivity contribution >= 4 is 11.8 Å². The summed E-state index contributed by atoms with van der Waals surface area (Å²) in [5, 5.41) is 3.03. The van der Waals surface area contributed by atoms with Crippen molar-refractivity contribution in [2.45, 2.75) is 58.2 Å². The van der Waals surface area contributed by atoms with Crippen LogP contribution in [0.3, 0.4) is 0 Å². The molecule has 0 radical (unpaired) electrons. The van der Waals surface area contributed by atoms with Gasteiger partial charge in [0.05, 0.1) is 6.54 Å². The second-order valence-corrected chi connectivity index (χ2v) is 10.8. The fourth-order valence-electron chi connectivity index (χ4n) is 5.66. The van der Waals surface area contributed by atoms with E-state index in [4.69, 9.17) is 4.74 Å². The molecule has 1 aromatic rings. The molecule has 0 saturated carbocycles. The Morgan fingerprint density at radius 1 is 1.11 bits per heavy atom. The number of benzene rings is 1. The van der Waals surface area contributed by atoms with Crippen molar-refractivity contribution in [1.29, 1.82) is 0 Å². The zero-order chi connectivity index (χ0) is 24.8. The number of nitrogens with zero attached hydrogens (tertiary/aromatic N) is 3. The SMILES string of the molecule is CC(C)NC(=O)C[C@@H]1CCN2C[C@@H]1/C=C\COc1ccccc1CN(C1CCN(C)CC1)CC2=O. The standard InChI is InChI=1S/C28H42N4O3/c1-21(2)29-27(33)17-22-10-15-31-18-23(22)8-6-16-35-26-9-5-4-7-24(26)19-32(20-28(31)34)25-11-13-30(3)14-12-25/h4-9,21-23,25H,10-20H2,1-3H3,(H,29,33)/b8-6-/t22-,23-/m0/s1. The van der Waals surface area contributed by atoms with Crippen molar-refractivity contribution in [2.75, 3.05) is 46.4 Å². The second kappa shape index (κ2) is 12.0. The van der Waals surface area contributed by atoms with E-state index in [-0.39, 0.29) is 29.7 Å². The van der Waals surface area contributed by atoms with Gasteiger partial charge in [-0.05, 0) is 71.1 Å². The Labute approximate surface area is 210 Å². The predicted molar refractivity (Wildman–Crippen MR) is 138 cm³/mol. The molecule has 1 aromatic carbocycles. The summed E-state index contributed by atoms with van der Waals surface area (Å²) in [5.74, 6) is 1.57. The number of para-hydroxylation sites is 1. The van der Waals surface area contributed by atoms with E-state index < -0.39 is 0 Å². The number of nitrogens with one attached hydrogen (secondary N) is 1. The largest absolute Gasteiger partial charge is 0.489 e. The number of rotatable bonds is 4. The minimum Gasteiger partial charge on any atom is -0.489 e. The molecule has 2 atom stereocenters. The van der Waals surface area contributed by atoms with Crippen molar-refractivity contribution in [3.8, 4) is 5.75 Å². The fourth-order valence-corrected chi connectivity index (χ4v) is 5.66. The number of likely N-dealkylation sites (tertiary alicyclic amines) is 1. The summed E-state index contributed by atoms with van der Waals surface area (Å²) in [4.78, 5) is 32.8. The third kappa shape index (κ3) is 7.07. The van der Waals surface area contributed by atoms with E-state index in [1.54, 1.807) is 0 Å². The third-order valence-electron chi connectivity index (χ3n) is 7.66. The highest BCUT2D eigenvalue weighted by Crippen LogP contribution is 2.30. The summed E-state index contributed by atoms with van der Waals surface area (Å²) in [6.07, 6.45) is 7.73. The Kier molecular flexibility index (Phi) is 8.84. The van der Waals surface area contributed by atoms with Gasteiger partial charge < -0.3 is 19.9 Å². The van der Waals surface area contributed by atoms with Crippen LogP contribution in [0.1, 0.15) is 45.1 Å². The van der Waals surface area contributed by atoms with Gasteiger partial charge in [0.1, 0.15) is 12.4 Å². The van der Waals surface area contributed by atoms with Crippen LogP contribution in [0.4, 0.5) is 0 Å². The molecule has 2 fully saturated rings. The molecule has 192 valence electrons. The molecule has 2 saturated heterocycles. The highest BCUT2D eigenvalue weighted by molar-refractivity contribution is 5.79. The van der Waals surface area contributed by atoms with Crippen LogP contribution in [-0.2, 0) is 16.1 Å². The van der Waals surface area contributed by atoms with Crippen LogP contribution in [0.15, 0.2) is 36.4 Å². The topological polar surface area (TPSA) is 65.1 Å². The van der Waals surface area contributed by atoms with Crippen molar-refractivity contribution in [3.05, 3.63) is 42.0 Å². The van der Waals surface area contributed by atoms with Crippen molar-refractivity contribution < 1.29 is 14.3 Å². The highest BCUT2D eigenvalue weighted by atomic mass is 16.5. The first kappa shape index (κ1) is 25.7. The summed E-state index contributed by atoms with van der Waals surface area (Å²) in [5.41, 5.74) is 1.13. The van der Waals surface area contributed by atoms with Gasteiger partial charge in [0.2, 0.25) is 11.8 Å². The number of hydrogen-bond donors (Lipinski definition) is 1. The zero-order valence-corrected chi connectivity index (χ0v) is 21.6. The molecule has 2 amide bonds. The quantitative estimate of drug-likeness (QED) is 0.669. The van der Waals surface area contributed by atoms with E-state index in [0.29, 0.717) is 32.2 Å². The summed E-state index contributed by atoms with van der Waals surface area (Å²) in [6.45, 7) is 9.12. The summed E-state index contributed by atoms with van der Waals surface area (Å²) >= 11 is 0. The average Bonchev–Trinajstić information content (AvgIpc) is 2.83. The molecule has 7 nitrogen and oxygen atoms in total. The molecule has 3 heterocycles. The number of piperidine rings is 2. The zero-order valence-electron chi connectivity index (χ0n) is 21.6. The smallest absolute Gasteiger partial charge is 0.236 e. The van der Waals surface area contributed by atoms with Crippen LogP contribution >= 0.6 is 0 Å². The van der Waals surface area contributed by atoms with Crippen LogP contribution in [0.5, 0.6) is 5.75 Å². The van der Waals surface area contributed by atoms with Gasteiger partial charge >= 0.3 is 0 Å². The lowest BCUT2D eigenvalue weighted by molar-refractivity contribution is -0.136. The van der Waals surface area contributed by atoms with Gasteiger partial charge in [0.25, 0.3) is 0 Å². The molecule has 0 unspecified atom stereocenters. The normalized spacial score (nSPS) is 26.2. The van der Waals surface area contributed by atoms with Gasteiger partial charge in [-0.25, -0.2) is 0 Å². The molecule has 3 aliphatic heterocycles. The number of fused-ring (bicyclic) bond motifs is 3. The predicted octanol–water partition coefficient (Wildman–Crippen LogP) is 2.91. The maximum absolute atomic E-state index is 13.6. The third-order valence-corrected chi connectivity index (χ3v) is 7.66. The summed E-state index contributed by atoms with van der Waals surface area (Å²) in [7, 11) is 2.17. The van der Waals surface area contributed by atoms with Crippen LogP contribution in [0.25, 0.3) is 0 Å². The van der Waals surface area contributed by atoms with Gasteiger partial charge in [-0.15, -0.1) is 0 Å². The number of hydrogen-bond acceptors (Lipinski definition) is 5. The Hall–Kier alpha value is -2.38. The first-order chi connectivity index (χ1) is 16.9. The lowest BCUT2D eigenvalue weighted by atomic mass is 9.82.